The molecule has 10 heteroatoms. The third-order valence-corrected chi connectivity index (χ3v) is 6.34. The van der Waals surface area contributed by atoms with Gasteiger partial charge in [-0.15, -0.1) is 5.10 Å². The molecule has 0 spiro atoms. The Kier molecular flexibility index (Phi) is 4.73. The molecule has 3 fully saturated rings. The van der Waals surface area contributed by atoms with Crippen LogP contribution in [0.4, 0.5) is 13.2 Å². The maximum Gasteiger partial charge on any atom is 0.413 e. The van der Waals surface area contributed by atoms with Crippen molar-refractivity contribution in [1.82, 2.24) is 15.0 Å². The third kappa shape index (κ3) is 3.26. The number of hydrogen-bond acceptors (Lipinski definition) is 6. The second kappa shape index (κ2) is 6.68. The van der Waals surface area contributed by atoms with E-state index in [0.717, 1.165) is 11.1 Å². The van der Waals surface area contributed by atoms with Gasteiger partial charge in [-0.3, -0.25) is 0 Å². The first-order valence-electron chi connectivity index (χ1n) is 9.23. The number of hydrogen-bond donors (Lipinski definition) is 2. The SMILES string of the molecule is COC1CC(O)C(CO)OC1Cc1cn(C2(C(F)(F)F)C[C@H]3C[C@H]3C2)nn1. The molecule has 4 rings (SSSR count). The highest BCUT2D eigenvalue weighted by Crippen LogP contribution is 2.63. The van der Waals surface area contributed by atoms with Crippen LogP contribution >= 0.6 is 0 Å². The molecule has 1 saturated heterocycles. The van der Waals surface area contributed by atoms with Crippen LogP contribution in [0.2, 0.25) is 0 Å². The fourth-order valence-electron chi connectivity index (χ4n) is 4.65. The number of nitrogens with zero attached hydrogens (tertiary/aromatic N) is 3. The van der Waals surface area contributed by atoms with Crippen molar-refractivity contribution in [3.63, 3.8) is 0 Å². The molecule has 2 aliphatic carbocycles. The zero-order valence-corrected chi connectivity index (χ0v) is 15.0. The highest BCUT2D eigenvalue weighted by molar-refractivity contribution is 5.11. The summed E-state index contributed by atoms with van der Waals surface area (Å²) >= 11 is 0. The van der Waals surface area contributed by atoms with E-state index < -0.39 is 36.1 Å². The van der Waals surface area contributed by atoms with Crippen LogP contribution in [0.15, 0.2) is 6.20 Å². The predicted octanol–water partition coefficient (Wildman–Crippen LogP) is 1.03. The fraction of sp³-hybridized carbons (Fsp3) is 0.882. The van der Waals surface area contributed by atoms with Crippen LogP contribution < -0.4 is 0 Å². The van der Waals surface area contributed by atoms with Crippen LogP contribution in [0.25, 0.3) is 0 Å². The van der Waals surface area contributed by atoms with Crippen LogP contribution in [0.1, 0.15) is 31.4 Å². The molecule has 0 radical (unpaired) electrons. The van der Waals surface area contributed by atoms with E-state index >= 15 is 0 Å². The molecule has 0 aromatic carbocycles. The van der Waals surface area contributed by atoms with E-state index in [2.05, 4.69) is 10.3 Å². The minimum absolute atomic E-state index is 0.0589. The summed E-state index contributed by atoms with van der Waals surface area (Å²) in [7, 11) is 1.48. The van der Waals surface area contributed by atoms with E-state index in [9.17, 15) is 23.4 Å². The van der Waals surface area contributed by atoms with Crippen LogP contribution in [0.5, 0.6) is 0 Å². The van der Waals surface area contributed by atoms with Crippen molar-refractivity contribution < 1.29 is 32.9 Å². The van der Waals surface area contributed by atoms with E-state index in [1.54, 1.807) is 0 Å². The Morgan fingerprint density at radius 3 is 2.59 bits per heavy atom. The average molecular weight is 391 g/mol. The largest absolute Gasteiger partial charge is 0.413 e. The van der Waals surface area contributed by atoms with E-state index in [1.807, 2.05) is 0 Å². The smallest absolute Gasteiger partial charge is 0.394 e. The number of aromatic nitrogens is 3. The van der Waals surface area contributed by atoms with E-state index in [0.29, 0.717) is 5.69 Å². The molecule has 7 atom stereocenters. The monoisotopic (exact) mass is 391 g/mol. The standard InChI is InChI=1S/C17H24F3N3O4/c1-26-13-4-12(25)15(8-24)27-14(13)3-11-7-23(22-21-11)16(17(18,19)20)5-9-2-10(9)6-16/h7,9-10,12-15,24-25H,2-6,8H2,1H3/t9-,10+,12?,13?,14?,15?,16?. The summed E-state index contributed by atoms with van der Waals surface area (Å²) < 4.78 is 53.5. The Hall–Kier alpha value is -1.23. The highest BCUT2D eigenvalue weighted by Gasteiger charge is 2.67. The van der Waals surface area contributed by atoms with Gasteiger partial charge in [-0.1, -0.05) is 5.21 Å². The lowest BCUT2D eigenvalue weighted by Crippen LogP contribution is -2.50. The van der Waals surface area contributed by atoms with Crippen LogP contribution in [-0.2, 0) is 21.4 Å². The van der Waals surface area contributed by atoms with Crippen molar-refractivity contribution in [2.24, 2.45) is 11.8 Å². The number of ether oxygens (including phenoxy) is 2. The lowest BCUT2D eigenvalue weighted by Gasteiger charge is -2.38. The molecule has 1 aromatic heterocycles. The summed E-state index contributed by atoms with van der Waals surface area (Å²) in [6, 6.07) is 0. The molecule has 5 unspecified atom stereocenters. The Morgan fingerprint density at radius 1 is 1.30 bits per heavy atom. The number of methoxy groups -OCH3 is 1. The first-order chi connectivity index (χ1) is 12.8. The molecule has 2 saturated carbocycles. The van der Waals surface area contributed by atoms with Crippen molar-refractivity contribution in [3.8, 4) is 0 Å². The summed E-state index contributed by atoms with van der Waals surface area (Å²) in [5, 5.41) is 27.0. The van der Waals surface area contributed by atoms with Crippen LogP contribution in [-0.4, -0.2) is 69.5 Å². The molecule has 2 heterocycles. The zero-order chi connectivity index (χ0) is 19.4. The average Bonchev–Trinajstić information content (AvgIpc) is 3.03. The summed E-state index contributed by atoms with van der Waals surface area (Å²) in [5.74, 6) is 0.260. The van der Waals surface area contributed by atoms with E-state index in [1.165, 1.54) is 13.3 Å². The molecule has 7 nitrogen and oxygen atoms in total. The van der Waals surface area contributed by atoms with Crippen molar-refractivity contribution in [2.45, 2.75) is 68.2 Å². The van der Waals surface area contributed by atoms with Crippen molar-refractivity contribution >= 4 is 0 Å². The van der Waals surface area contributed by atoms with Gasteiger partial charge in [-0.2, -0.15) is 13.2 Å². The molecule has 27 heavy (non-hydrogen) atoms. The third-order valence-electron chi connectivity index (χ3n) is 6.34. The predicted molar refractivity (Wildman–Crippen MR) is 85.8 cm³/mol. The Balaban J connectivity index is 1.52. The Labute approximate surface area is 154 Å². The van der Waals surface area contributed by atoms with Crippen molar-refractivity contribution in [1.29, 1.82) is 0 Å². The van der Waals surface area contributed by atoms with Crippen molar-refractivity contribution in [2.75, 3.05) is 13.7 Å². The van der Waals surface area contributed by atoms with Crippen LogP contribution in [0, 0.1) is 11.8 Å². The van der Waals surface area contributed by atoms with Gasteiger partial charge in [0.1, 0.15) is 6.10 Å². The van der Waals surface area contributed by atoms with Gasteiger partial charge >= 0.3 is 6.18 Å². The highest BCUT2D eigenvalue weighted by atomic mass is 19.4. The summed E-state index contributed by atoms with van der Waals surface area (Å²) in [6.07, 6.45) is -4.14. The summed E-state index contributed by atoms with van der Waals surface area (Å²) in [4.78, 5) is 0. The molecular formula is C17H24F3N3O4. The van der Waals surface area contributed by atoms with E-state index in [4.69, 9.17) is 9.47 Å². The second-order valence-corrected chi connectivity index (χ2v) is 8.02. The zero-order valence-electron chi connectivity index (χ0n) is 15.0. The number of rotatable bonds is 5. The maximum absolute atomic E-state index is 13.8. The van der Waals surface area contributed by atoms with Gasteiger partial charge in [0.15, 0.2) is 5.54 Å². The van der Waals surface area contributed by atoms with Gasteiger partial charge in [-0.25, -0.2) is 4.68 Å². The Morgan fingerprint density at radius 2 is 2.00 bits per heavy atom. The number of aliphatic hydroxyl groups is 2. The molecule has 0 amide bonds. The topological polar surface area (TPSA) is 89.6 Å². The number of fused-ring (bicyclic) bond motifs is 1. The summed E-state index contributed by atoms with van der Waals surface area (Å²) in [6.45, 7) is -0.346. The molecule has 2 N–H and O–H groups in total. The van der Waals surface area contributed by atoms with Gasteiger partial charge in [0, 0.05) is 26.1 Å². The normalized spacial score (nSPS) is 41.6. The molecule has 3 aliphatic rings. The quantitative estimate of drug-likeness (QED) is 0.780. The minimum atomic E-state index is -4.38. The van der Waals surface area contributed by atoms with Crippen LogP contribution in [0.3, 0.4) is 0 Å². The molecule has 0 bridgehead atoms. The molecule has 1 aromatic rings. The second-order valence-electron chi connectivity index (χ2n) is 8.02. The minimum Gasteiger partial charge on any atom is -0.394 e. The summed E-state index contributed by atoms with van der Waals surface area (Å²) in [5.41, 5.74) is -1.59. The van der Waals surface area contributed by atoms with Gasteiger partial charge in [0.25, 0.3) is 0 Å². The fourth-order valence-corrected chi connectivity index (χ4v) is 4.65. The van der Waals surface area contributed by atoms with Gasteiger partial charge in [0.05, 0.1) is 30.6 Å². The first-order valence-corrected chi connectivity index (χ1v) is 9.23. The number of aliphatic hydroxyl groups excluding tert-OH is 2. The van der Waals surface area contributed by atoms with E-state index in [-0.39, 0.29) is 44.1 Å². The van der Waals surface area contributed by atoms with Gasteiger partial charge in [0.2, 0.25) is 0 Å². The molecular weight excluding hydrogens is 367 g/mol. The maximum atomic E-state index is 13.8. The lowest BCUT2D eigenvalue weighted by atomic mass is 9.92. The molecule has 152 valence electrons. The first kappa shape index (κ1) is 19.1. The van der Waals surface area contributed by atoms with Gasteiger partial charge in [-0.05, 0) is 31.1 Å². The van der Waals surface area contributed by atoms with Crippen molar-refractivity contribution in [3.05, 3.63) is 11.9 Å². The number of alkyl halides is 3. The number of halogens is 3. The molecule has 1 aliphatic heterocycles. The Bertz CT molecular complexity index is 673. The van der Waals surface area contributed by atoms with Gasteiger partial charge < -0.3 is 19.7 Å². The lowest BCUT2D eigenvalue weighted by molar-refractivity contribution is -0.220.